The second kappa shape index (κ2) is 6.70. The fourth-order valence-electron chi connectivity index (χ4n) is 2.73. The molecule has 3 heteroatoms. The Morgan fingerprint density at radius 3 is 1.62 bits per heavy atom. The van der Waals surface area contributed by atoms with Crippen LogP contribution < -0.4 is 10.6 Å². The molecular weight excluding hydrogens is 279 g/mol. The molecule has 2 rings (SSSR count). The Balaban J connectivity index is 2.39. The minimum atomic E-state index is -4.04. The van der Waals surface area contributed by atoms with Crippen LogP contribution in [0.1, 0.15) is 32.6 Å². The number of unbranched alkanes of at least 4 members (excludes halogenated alkanes) is 3. The number of benzene rings is 2. The van der Waals surface area contributed by atoms with Crippen molar-refractivity contribution in [2.24, 2.45) is 0 Å². The van der Waals surface area contributed by atoms with Gasteiger partial charge >= 0.3 is 127 Å². The minimum absolute atomic E-state index is 0.430. The van der Waals surface area contributed by atoms with E-state index in [1.165, 1.54) is 0 Å². The molecule has 2 aromatic carbocycles. The first-order valence-electron chi connectivity index (χ1n) is 7.69. The molecule has 21 heavy (non-hydrogen) atoms. The van der Waals surface area contributed by atoms with Crippen LogP contribution in [0.4, 0.5) is 0 Å². The van der Waals surface area contributed by atoms with Gasteiger partial charge in [0.15, 0.2) is 0 Å². The molecule has 0 atom stereocenters. The van der Waals surface area contributed by atoms with Gasteiger partial charge in [0.2, 0.25) is 0 Å². The van der Waals surface area contributed by atoms with Crippen molar-refractivity contribution in [3.05, 3.63) is 60.7 Å². The Hall–Kier alpha value is -1.21. The van der Waals surface area contributed by atoms with Gasteiger partial charge in [0.05, 0.1) is 0 Å². The van der Waals surface area contributed by atoms with Crippen molar-refractivity contribution in [3.63, 3.8) is 0 Å². The van der Waals surface area contributed by atoms with Crippen LogP contribution >= 0.6 is 7.06 Å². The van der Waals surface area contributed by atoms with Crippen LogP contribution in [0.3, 0.4) is 0 Å². The molecule has 0 heterocycles. The molecule has 0 aliphatic carbocycles. The van der Waals surface area contributed by atoms with E-state index in [1.807, 2.05) is 60.7 Å². The Morgan fingerprint density at radius 1 is 0.714 bits per heavy atom. The van der Waals surface area contributed by atoms with Gasteiger partial charge in [-0.05, 0) is 0 Å². The zero-order valence-corrected chi connectivity index (χ0v) is 13.5. The molecule has 2 nitrogen and oxygen atoms in total. The first-order valence-corrected chi connectivity index (χ1v) is 10.0. The molecule has 2 aromatic rings. The second-order valence-corrected chi connectivity index (χ2v) is 9.54. The number of rotatable bonds is 7. The monoisotopic (exact) mass is 304 g/mol. The van der Waals surface area contributed by atoms with Crippen LogP contribution in [0, 0.1) is 0 Å². The predicted octanol–water partition coefficient (Wildman–Crippen LogP) is 3.59. The van der Waals surface area contributed by atoms with Crippen LogP contribution in [-0.2, 0) is 0 Å². The molecule has 0 fully saturated rings. The van der Waals surface area contributed by atoms with Crippen molar-refractivity contribution in [2.75, 3.05) is 6.16 Å². The SMILES string of the molecule is CCCCCCP(O)(O)(c1ccccc1)c1ccccc1. The third-order valence-corrected chi connectivity index (χ3v) is 7.96. The van der Waals surface area contributed by atoms with Crippen LogP contribution in [0.2, 0.25) is 0 Å². The van der Waals surface area contributed by atoms with Gasteiger partial charge in [0.25, 0.3) is 0 Å². The number of hydrogen-bond acceptors (Lipinski definition) is 2. The molecule has 0 radical (unpaired) electrons. The molecule has 0 unspecified atom stereocenters. The summed E-state index contributed by atoms with van der Waals surface area (Å²) in [4.78, 5) is 22.8. The van der Waals surface area contributed by atoms with E-state index >= 15 is 0 Å². The summed E-state index contributed by atoms with van der Waals surface area (Å²) in [5.74, 6) is 0. The molecule has 2 N–H and O–H groups in total. The molecule has 0 spiro atoms. The van der Waals surface area contributed by atoms with Crippen LogP contribution in [0.25, 0.3) is 0 Å². The Morgan fingerprint density at radius 2 is 1.19 bits per heavy atom. The molecule has 0 aliphatic rings. The topological polar surface area (TPSA) is 40.5 Å². The third-order valence-electron chi connectivity index (χ3n) is 4.03. The summed E-state index contributed by atoms with van der Waals surface area (Å²) in [5.41, 5.74) is 0. The van der Waals surface area contributed by atoms with E-state index in [0.717, 1.165) is 25.7 Å². The molecular formula is C18H25O2P. The van der Waals surface area contributed by atoms with E-state index in [2.05, 4.69) is 6.92 Å². The molecule has 0 aliphatic heterocycles. The maximum absolute atomic E-state index is 11.4. The quantitative estimate of drug-likeness (QED) is 0.606. The summed E-state index contributed by atoms with van der Waals surface area (Å²) >= 11 is 0. The van der Waals surface area contributed by atoms with Crippen LogP contribution in [-0.4, -0.2) is 15.9 Å². The summed E-state index contributed by atoms with van der Waals surface area (Å²) in [6.07, 6.45) is 4.58. The van der Waals surface area contributed by atoms with E-state index in [1.54, 1.807) is 0 Å². The Bertz CT molecular complexity index is 508. The van der Waals surface area contributed by atoms with Gasteiger partial charge in [-0.1, -0.05) is 0 Å². The van der Waals surface area contributed by atoms with Crippen molar-refractivity contribution in [1.29, 1.82) is 0 Å². The van der Waals surface area contributed by atoms with Gasteiger partial charge in [-0.15, -0.1) is 0 Å². The average molecular weight is 304 g/mol. The summed E-state index contributed by atoms with van der Waals surface area (Å²) in [6, 6.07) is 18.7. The van der Waals surface area contributed by atoms with Gasteiger partial charge in [-0.3, -0.25) is 0 Å². The first kappa shape index (κ1) is 16.2. The Labute approximate surface area is 127 Å². The van der Waals surface area contributed by atoms with E-state index < -0.39 is 7.06 Å². The zero-order chi connectivity index (χ0) is 15.2. The molecule has 114 valence electrons. The van der Waals surface area contributed by atoms with Crippen molar-refractivity contribution >= 4 is 17.7 Å². The summed E-state index contributed by atoms with van der Waals surface area (Å²) in [6.45, 7) is 2.16. The van der Waals surface area contributed by atoms with E-state index in [-0.39, 0.29) is 0 Å². The van der Waals surface area contributed by atoms with Gasteiger partial charge in [0.1, 0.15) is 0 Å². The van der Waals surface area contributed by atoms with Crippen molar-refractivity contribution in [1.82, 2.24) is 0 Å². The Kier molecular flexibility index (Phi) is 5.16. The van der Waals surface area contributed by atoms with E-state index in [9.17, 15) is 9.79 Å². The molecule has 0 saturated carbocycles. The summed E-state index contributed by atoms with van der Waals surface area (Å²) in [7, 11) is -4.04. The number of hydrogen-bond donors (Lipinski definition) is 2. The standard InChI is InChI=1S/C18H25O2P/c1-2-3-4-11-16-21(19,20,17-12-7-5-8-13-17)18-14-9-6-10-15-18/h5-10,12-15,19-20H,2-4,11,16H2,1H3. The van der Waals surface area contributed by atoms with Gasteiger partial charge in [0, 0.05) is 0 Å². The van der Waals surface area contributed by atoms with Crippen LogP contribution in [0.15, 0.2) is 60.7 Å². The molecule has 0 bridgehead atoms. The average Bonchev–Trinajstić information content (AvgIpc) is 2.54. The fourth-order valence-corrected chi connectivity index (χ4v) is 5.96. The normalized spacial score (nSPS) is 13.6. The molecule has 0 aromatic heterocycles. The summed E-state index contributed by atoms with van der Waals surface area (Å²) in [5, 5.41) is 1.32. The maximum atomic E-state index is 11.4. The molecule has 0 amide bonds. The van der Waals surface area contributed by atoms with Gasteiger partial charge in [-0.2, -0.15) is 0 Å². The zero-order valence-electron chi connectivity index (χ0n) is 12.7. The predicted molar refractivity (Wildman–Crippen MR) is 92.5 cm³/mol. The van der Waals surface area contributed by atoms with Crippen LogP contribution in [0.5, 0.6) is 0 Å². The summed E-state index contributed by atoms with van der Waals surface area (Å²) < 4.78 is 0. The van der Waals surface area contributed by atoms with Crippen molar-refractivity contribution < 1.29 is 9.79 Å². The van der Waals surface area contributed by atoms with Crippen molar-refractivity contribution in [3.8, 4) is 0 Å². The fraction of sp³-hybridized carbons (Fsp3) is 0.333. The van der Waals surface area contributed by atoms with Gasteiger partial charge in [-0.25, -0.2) is 0 Å². The first-order chi connectivity index (χ1) is 10.1. The molecule has 0 saturated heterocycles. The van der Waals surface area contributed by atoms with E-state index in [0.29, 0.717) is 16.8 Å². The van der Waals surface area contributed by atoms with E-state index in [4.69, 9.17) is 0 Å². The second-order valence-electron chi connectivity index (χ2n) is 5.66. The van der Waals surface area contributed by atoms with Gasteiger partial charge < -0.3 is 0 Å². The van der Waals surface area contributed by atoms with Crippen molar-refractivity contribution in [2.45, 2.75) is 32.6 Å². The third kappa shape index (κ3) is 3.52.